The number of benzene rings is 2. The maximum atomic E-state index is 4.78. The standard InChI is InChI=1S/C16H16N2/c1-9-5-11(3)15-13(7-9)17-16-12(4)6-10(2)8-14(16)18-15/h5-8H,1-4H3. The molecule has 0 aliphatic heterocycles. The summed E-state index contributed by atoms with van der Waals surface area (Å²) in [5.41, 5.74) is 8.86. The Hall–Kier alpha value is -1.96. The molecule has 0 N–H and O–H groups in total. The summed E-state index contributed by atoms with van der Waals surface area (Å²) in [7, 11) is 0. The van der Waals surface area contributed by atoms with Gasteiger partial charge in [-0.2, -0.15) is 0 Å². The van der Waals surface area contributed by atoms with Crippen molar-refractivity contribution in [3.63, 3.8) is 0 Å². The van der Waals surface area contributed by atoms with Gasteiger partial charge in [-0.25, -0.2) is 9.97 Å². The third kappa shape index (κ3) is 1.65. The van der Waals surface area contributed by atoms with Crippen LogP contribution in [-0.4, -0.2) is 9.97 Å². The van der Waals surface area contributed by atoms with Gasteiger partial charge < -0.3 is 0 Å². The second-order valence-electron chi connectivity index (χ2n) is 5.12. The Morgan fingerprint density at radius 1 is 0.611 bits per heavy atom. The molecule has 0 amide bonds. The van der Waals surface area contributed by atoms with Gasteiger partial charge in [0.05, 0.1) is 22.1 Å². The van der Waals surface area contributed by atoms with Gasteiger partial charge in [-0.05, 0) is 62.1 Å². The number of fused-ring (bicyclic) bond motifs is 2. The molecule has 0 aliphatic rings. The fraction of sp³-hybridized carbons (Fsp3) is 0.250. The fourth-order valence-corrected chi connectivity index (χ4v) is 2.58. The summed E-state index contributed by atoms with van der Waals surface area (Å²) in [5.74, 6) is 0. The van der Waals surface area contributed by atoms with Gasteiger partial charge in [0.2, 0.25) is 0 Å². The summed E-state index contributed by atoms with van der Waals surface area (Å²) in [6, 6.07) is 8.53. The second-order valence-corrected chi connectivity index (χ2v) is 5.12. The molecule has 2 heteroatoms. The summed E-state index contributed by atoms with van der Waals surface area (Å²) in [6.45, 7) is 8.39. The van der Waals surface area contributed by atoms with Gasteiger partial charge in [0, 0.05) is 0 Å². The molecule has 18 heavy (non-hydrogen) atoms. The van der Waals surface area contributed by atoms with Crippen LogP contribution in [0.3, 0.4) is 0 Å². The first-order valence-corrected chi connectivity index (χ1v) is 6.20. The Morgan fingerprint density at radius 3 is 1.39 bits per heavy atom. The molecule has 0 atom stereocenters. The van der Waals surface area contributed by atoms with E-state index in [1.165, 1.54) is 22.3 Å². The molecule has 2 nitrogen and oxygen atoms in total. The molecule has 0 saturated carbocycles. The van der Waals surface area contributed by atoms with E-state index in [0.29, 0.717) is 0 Å². The largest absolute Gasteiger partial charge is 0.244 e. The van der Waals surface area contributed by atoms with E-state index in [1.807, 2.05) is 0 Å². The molecule has 0 bridgehead atoms. The number of nitrogens with zero attached hydrogens (tertiary/aromatic N) is 2. The molecule has 3 aromatic rings. The van der Waals surface area contributed by atoms with Crippen molar-refractivity contribution in [1.82, 2.24) is 9.97 Å². The highest BCUT2D eigenvalue weighted by molar-refractivity contribution is 5.90. The molecule has 0 aliphatic carbocycles. The minimum Gasteiger partial charge on any atom is -0.244 e. The van der Waals surface area contributed by atoms with Gasteiger partial charge in [0.15, 0.2) is 0 Å². The number of aromatic nitrogens is 2. The van der Waals surface area contributed by atoms with Crippen LogP contribution in [0.15, 0.2) is 24.3 Å². The number of rotatable bonds is 0. The third-order valence-corrected chi connectivity index (χ3v) is 3.31. The molecular formula is C16H16N2. The van der Waals surface area contributed by atoms with Crippen LogP contribution in [0.25, 0.3) is 22.1 Å². The zero-order valence-electron chi connectivity index (χ0n) is 11.2. The summed E-state index contributed by atoms with van der Waals surface area (Å²) >= 11 is 0. The van der Waals surface area contributed by atoms with E-state index in [4.69, 9.17) is 9.97 Å². The zero-order chi connectivity index (χ0) is 12.9. The second kappa shape index (κ2) is 3.77. The van der Waals surface area contributed by atoms with E-state index in [0.717, 1.165) is 22.1 Å². The summed E-state index contributed by atoms with van der Waals surface area (Å²) in [4.78, 5) is 9.56. The van der Waals surface area contributed by atoms with E-state index in [9.17, 15) is 0 Å². The smallest absolute Gasteiger partial charge is 0.0923 e. The highest BCUT2D eigenvalue weighted by Gasteiger charge is 2.07. The van der Waals surface area contributed by atoms with Gasteiger partial charge in [-0.3, -0.25) is 0 Å². The van der Waals surface area contributed by atoms with Crippen molar-refractivity contribution in [3.05, 3.63) is 46.5 Å². The zero-order valence-corrected chi connectivity index (χ0v) is 11.2. The van der Waals surface area contributed by atoms with Crippen molar-refractivity contribution >= 4 is 22.1 Å². The lowest BCUT2D eigenvalue weighted by Gasteiger charge is -2.07. The topological polar surface area (TPSA) is 25.8 Å². The molecule has 0 spiro atoms. The monoisotopic (exact) mass is 236 g/mol. The highest BCUT2D eigenvalue weighted by Crippen LogP contribution is 2.23. The molecule has 2 aromatic carbocycles. The SMILES string of the molecule is Cc1cc(C)c2nc3cc(C)cc(C)c3nc2c1. The first-order chi connectivity index (χ1) is 8.54. The molecule has 0 fully saturated rings. The van der Waals surface area contributed by atoms with Crippen LogP contribution in [0.5, 0.6) is 0 Å². The Morgan fingerprint density at radius 2 is 1.00 bits per heavy atom. The third-order valence-electron chi connectivity index (χ3n) is 3.31. The molecule has 0 radical (unpaired) electrons. The summed E-state index contributed by atoms with van der Waals surface area (Å²) in [5, 5.41) is 0. The summed E-state index contributed by atoms with van der Waals surface area (Å²) < 4.78 is 0. The molecular weight excluding hydrogens is 220 g/mol. The van der Waals surface area contributed by atoms with Crippen molar-refractivity contribution in [3.8, 4) is 0 Å². The molecule has 0 saturated heterocycles. The minimum absolute atomic E-state index is 0.993. The maximum Gasteiger partial charge on any atom is 0.0923 e. The van der Waals surface area contributed by atoms with Crippen LogP contribution in [0, 0.1) is 27.7 Å². The van der Waals surface area contributed by atoms with Crippen LogP contribution in [0.1, 0.15) is 22.3 Å². The van der Waals surface area contributed by atoms with Crippen LogP contribution >= 0.6 is 0 Å². The predicted molar refractivity (Wildman–Crippen MR) is 76.0 cm³/mol. The maximum absolute atomic E-state index is 4.78. The normalized spacial score (nSPS) is 11.3. The van der Waals surface area contributed by atoms with E-state index < -0.39 is 0 Å². The van der Waals surface area contributed by atoms with Gasteiger partial charge >= 0.3 is 0 Å². The fourth-order valence-electron chi connectivity index (χ4n) is 2.58. The molecule has 0 unspecified atom stereocenters. The van der Waals surface area contributed by atoms with Crippen LogP contribution in [0.4, 0.5) is 0 Å². The molecule has 1 aromatic heterocycles. The van der Waals surface area contributed by atoms with Gasteiger partial charge in [-0.15, -0.1) is 0 Å². The lowest BCUT2D eigenvalue weighted by atomic mass is 10.1. The van der Waals surface area contributed by atoms with Gasteiger partial charge in [0.1, 0.15) is 0 Å². The first kappa shape index (κ1) is 11.1. The van der Waals surface area contributed by atoms with Crippen molar-refractivity contribution in [2.45, 2.75) is 27.7 Å². The summed E-state index contributed by atoms with van der Waals surface area (Å²) in [6.07, 6.45) is 0. The number of hydrogen-bond acceptors (Lipinski definition) is 2. The van der Waals surface area contributed by atoms with E-state index in [-0.39, 0.29) is 0 Å². The predicted octanol–water partition coefficient (Wildman–Crippen LogP) is 4.02. The molecule has 3 rings (SSSR count). The van der Waals surface area contributed by atoms with E-state index in [1.54, 1.807) is 0 Å². The Labute approximate surface area is 107 Å². The lowest BCUT2D eigenvalue weighted by molar-refractivity contribution is 1.30. The quantitative estimate of drug-likeness (QED) is 0.551. The van der Waals surface area contributed by atoms with Crippen molar-refractivity contribution in [2.24, 2.45) is 0 Å². The average Bonchev–Trinajstić information content (AvgIpc) is 2.27. The Kier molecular flexibility index (Phi) is 2.34. The van der Waals surface area contributed by atoms with E-state index >= 15 is 0 Å². The van der Waals surface area contributed by atoms with Crippen molar-refractivity contribution in [2.75, 3.05) is 0 Å². The Balaban J connectivity index is 2.51. The lowest BCUT2D eigenvalue weighted by Crippen LogP contribution is -1.93. The highest BCUT2D eigenvalue weighted by atomic mass is 14.8. The van der Waals surface area contributed by atoms with E-state index in [2.05, 4.69) is 52.0 Å². The number of hydrogen-bond donors (Lipinski definition) is 0. The van der Waals surface area contributed by atoms with Gasteiger partial charge in [-0.1, -0.05) is 12.1 Å². The molecule has 90 valence electrons. The van der Waals surface area contributed by atoms with Crippen molar-refractivity contribution in [1.29, 1.82) is 0 Å². The van der Waals surface area contributed by atoms with Crippen LogP contribution in [0.2, 0.25) is 0 Å². The number of aryl methyl sites for hydroxylation is 4. The first-order valence-electron chi connectivity index (χ1n) is 6.20. The van der Waals surface area contributed by atoms with Crippen molar-refractivity contribution < 1.29 is 0 Å². The van der Waals surface area contributed by atoms with Crippen LogP contribution in [-0.2, 0) is 0 Å². The van der Waals surface area contributed by atoms with Crippen LogP contribution < -0.4 is 0 Å². The molecule has 1 heterocycles. The minimum atomic E-state index is 0.993. The Bertz CT molecular complexity index is 705. The van der Waals surface area contributed by atoms with Gasteiger partial charge in [0.25, 0.3) is 0 Å². The average molecular weight is 236 g/mol.